The minimum Gasteiger partial charge on any atom is -0.347 e. The molecule has 6 nitrogen and oxygen atoms in total. The first-order valence-electron chi connectivity index (χ1n) is 6.70. The van der Waals surface area contributed by atoms with Gasteiger partial charge in [0.1, 0.15) is 0 Å². The number of amides is 1. The number of hydrogen-bond acceptors (Lipinski definition) is 4. The topological polar surface area (TPSA) is 67.5 Å². The fourth-order valence-corrected chi connectivity index (χ4v) is 2.86. The maximum absolute atomic E-state index is 12.5. The van der Waals surface area contributed by atoms with Crippen LogP contribution in [-0.2, 0) is 9.47 Å². The molecule has 0 radical (unpaired) electrons. The fourth-order valence-electron chi connectivity index (χ4n) is 2.86. The Morgan fingerprint density at radius 1 is 1.26 bits per heavy atom. The van der Waals surface area contributed by atoms with Crippen LogP contribution in [0.25, 0.3) is 0 Å². The Morgan fingerprint density at radius 2 is 1.89 bits per heavy atom. The van der Waals surface area contributed by atoms with Crippen LogP contribution in [0.5, 0.6) is 0 Å². The number of carbonyl (C=O) groups is 1. The van der Waals surface area contributed by atoms with Gasteiger partial charge in [-0.15, -0.1) is 0 Å². The Bertz CT molecular complexity index is 462. The van der Waals surface area contributed by atoms with Gasteiger partial charge in [-0.2, -0.15) is 5.10 Å². The zero-order valence-corrected chi connectivity index (χ0v) is 11.4. The van der Waals surface area contributed by atoms with Gasteiger partial charge in [-0.05, 0) is 13.8 Å². The summed E-state index contributed by atoms with van der Waals surface area (Å²) in [6, 6.07) is 0. The van der Waals surface area contributed by atoms with E-state index in [0.29, 0.717) is 31.9 Å². The van der Waals surface area contributed by atoms with Crippen molar-refractivity contribution in [2.24, 2.45) is 0 Å². The second-order valence-corrected chi connectivity index (χ2v) is 5.21. The largest absolute Gasteiger partial charge is 0.347 e. The lowest BCUT2D eigenvalue weighted by atomic mass is 10.0. The molecule has 0 atom stereocenters. The minimum absolute atomic E-state index is 0.0524. The molecule has 0 bridgehead atoms. The van der Waals surface area contributed by atoms with E-state index in [9.17, 15) is 4.79 Å². The van der Waals surface area contributed by atoms with E-state index in [2.05, 4.69) is 10.2 Å². The number of carbonyl (C=O) groups excluding carboxylic acids is 1. The van der Waals surface area contributed by atoms with Gasteiger partial charge in [0.25, 0.3) is 5.91 Å². The number of piperidine rings is 1. The van der Waals surface area contributed by atoms with Crippen LogP contribution in [0.3, 0.4) is 0 Å². The maximum atomic E-state index is 12.5. The molecule has 0 aromatic carbocycles. The van der Waals surface area contributed by atoms with Crippen LogP contribution in [0, 0.1) is 13.8 Å². The molecule has 3 heterocycles. The maximum Gasteiger partial charge on any atom is 0.257 e. The standard InChI is InChI=1S/C13H19N3O3/c1-9-11(10(2)15-14-9)12(17)16-5-3-13(4-6-16)18-7-8-19-13/h3-8H2,1-2H3,(H,14,15). The van der Waals surface area contributed by atoms with Crippen molar-refractivity contribution in [3.8, 4) is 0 Å². The number of H-pyrrole nitrogens is 1. The predicted molar refractivity (Wildman–Crippen MR) is 67.8 cm³/mol. The monoisotopic (exact) mass is 265 g/mol. The number of hydrogen-bond donors (Lipinski definition) is 1. The zero-order valence-electron chi connectivity index (χ0n) is 11.4. The van der Waals surface area contributed by atoms with Gasteiger partial charge >= 0.3 is 0 Å². The SMILES string of the molecule is Cc1n[nH]c(C)c1C(=O)N1CCC2(CC1)OCCO2. The van der Waals surface area contributed by atoms with Gasteiger partial charge in [0.2, 0.25) is 0 Å². The summed E-state index contributed by atoms with van der Waals surface area (Å²) in [6.45, 7) is 6.39. The first-order valence-corrected chi connectivity index (χ1v) is 6.70. The Hall–Kier alpha value is -1.40. The summed E-state index contributed by atoms with van der Waals surface area (Å²) in [5.74, 6) is -0.381. The van der Waals surface area contributed by atoms with Crippen LogP contribution >= 0.6 is 0 Å². The van der Waals surface area contributed by atoms with E-state index in [1.54, 1.807) is 0 Å². The predicted octanol–water partition coefficient (Wildman–Crippen LogP) is 1.01. The third-order valence-electron chi connectivity index (χ3n) is 3.97. The first kappa shape index (κ1) is 12.6. The molecule has 2 saturated heterocycles. The van der Waals surface area contributed by atoms with E-state index < -0.39 is 5.79 Å². The van der Waals surface area contributed by atoms with E-state index in [4.69, 9.17) is 9.47 Å². The number of aryl methyl sites for hydroxylation is 2. The van der Waals surface area contributed by atoms with Crippen molar-refractivity contribution in [1.82, 2.24) is 15.1 Å². The highest BCUT2D eigenvalue weighted by molar-refractivity contribution is 5.96. The molecule has 3 rings (SSSR count). The lowest BCUT2D eigenvalue weighted by Crippen LogP contribution is -2.47. The molecular weight excluding hydrogens is 246 g/mol. The first-order chi connectivity index (χ1) is 9.11. The molecule has 1 spiro atoms. The minimum atomic E-state index is -0.433. The molecule has 2 aliphatic heterocycles. The number of nitrogens with zero attached hydrogens (tertiary/aromatic N) is 2. The molecular formula is C13H19N3O3. The number of likely N-dealkylation sites (tertiary alicyclic amines) is 1. The van der Waals surface area contributed by atoms with Crippen LogP contribution in [0.1, 0.15) is 34.6 Å². The van der Waals surface area contributed by atoms with Crippen molar-refractivity contribution in [2.75, 3.05) is 26.3 Å². The second-order valence-electron chi connectivity index (χ2n) is 5.21. The molecule has 6 heteroatoms. The highest BCUT2D eigenvalue weighted by atomic mass is 16.7. The summed E-state index contributed by atoms with van der Waals surface area (Å²) in [4.78, 5) is 14.4. The molecule has 1 aromatic heterocycles. The van der Waals surface area contributed by atoms with E-state index >= 15 is 0 Å². The highest BCUT2D eigenvalue weighted by Crippen LogP contribution is 2.32. The van der Waals surface area contributed by atoms with Crippen molar-refractivity contribution in [1.29, 1.82) is 0 Å². The Kier molecular flexibility index (Phi) is 3.06. The summed E-state index contributed by atoms with van der Waals surface area (Å²) in [5.41, 5.74) is 2.29. The van der Waals surface area contributed by atoms with Gasteiger partial charge in [0.15, 0.2) is 5.79 Å². The van der Waals surface area contributed by atoms with E-state index in [-0.39, 0.29) is 5.91 Å². The number of aromatic amines is 1. The molecule has 0 unspecified atom stereocenters. The van der Waals surface area contributed by atoms with Crippen LogP contribution < -0.4 is 0 Å². The number of nitrogens with one attached hydrogen (secondary N) is 1. The third kappa shape index (κ3) is 2.15. The molecule has 1 aromatic rings. The van der Waals surface area contributed by atoms with Crippen molar-refractivity contribution in [3.63, 3.8) is 0 Å². The van der Waals surface area contributed by atoms with Crippen LogP contribution in [0.4, 0.5) is 0 Å². The lowest BCUT2D eigenvalue weighted by molar-refractivity contribution is -0.181. The second kappa shape index (κ2) is 4.61. The van der Waals surface area contributed by atoms with Gasteiger partial charge in [-0.25, -0.2) is 0 Å². The highest BCUT2D eigenvalue weighted by Gasteiger charge is 2.41. The van der Waals surface area contributed by atoms with E-state index in [1.165, 1.54) is 0 Å². The normalized spacial score (nSPS) is 22.1. The van der Waals surface area contributed by atoms with Crippen molar-refractivity contribution >= 4 is 5.91 Å². The molecule has 0 saturated carbocycles. The Morgan fingerprint density at radius 3 is 2.42 bits per heavy atom. The molecule has 0 aliphatic carbocycles. The third-order valence-corrected chi connectivity index (χ3v) is 3.97. The number of ether oxygens (including phenoxy) is 2. The summed E-state index contributed by atoms with van der Waals surface area (Å²) < 4.78 is 11.3. The lowest BCUT2D eigenvalue weighted by Gasteiger charge is -2.37. The average Bonchev–Trinajstić information content (AvgIpc) is 2.98. The summed E-state index contributed by atoms with van der Waals surface area (Å²) in [5, 5.41) is 6.94. The molecule has 1 N–H and O–H groups in total. The van der Waals surface area contributed by atoms with Gasteiger partial charge in [-0.3, -0.25) is 9.89 Å². The average molecular weight is 265 g/mol. The van der Waals surface area contributed by atoms with Crippen LogP contribution in [0.2, 0.25) is 0 Å². The van der Waals surface area contributed by atoms with Crippen LogP contribution in [-0.4, -0.2) is 53.1 Å². The quantitative estimate of drug-likeness (QED) is 0.822. The Labute approximate surface area is 112 Å². The molecule has 19 heavy (non-hydrogen) atoms. The summed E-state index contributed by atoms with van der Waals surface area (Å²) in [6.07, 6.45) is 1.49. The summed E-state index contributed by atoms with van der Waals surface area (Å²) >= 11 is 0. The van der Waals surface area contributed by atoms with Crippen molar-refractivity contribution in [2.45, 2.75) is 32.5 Å². The van der Waals surface area contributed by atoms with Crippen LogP contribution in [0.15, 0.2) is 0 Å². The molecule has 2 fully saturated rings. The van der Waals surface area contributed by atoms with Gasteiger partial charge < -0.3 is 14.4 Å². The molecule has 2 aliphatic rings. The van der Waals surface area contributed by atoms with Gasteiger partial charge in [-0.1, -0.05) is 0 Å². The van der Waals surface area contributed by atoms with E-state index in [0.717, 1.165) is 24.2 Å². The van der Waals surface area contributed by atoms with Crippen molar-refractivity contribution in [3.05, 3.63) is 17.0 Å². The zero-order chi connectivity index (χ0) is 13.5. The molecule has 1 amide bonds. The fraction of sp³-hybridized carbons (Fsp3) is 0.692. The van der Waals surface area contributed by atoms with Gasteiger partial charge in [0, 0.05) is 31.6 Å². The Balaban J connectivity index is 1.70. The molecule has 104 valence electrons. The number of aromatic nitrogens is 2. The smallest absolute Gasteiger partial charge is 0.257 e. The van der Waals surface area contributed by atoms with Gasteiger partial charge in [0.05, 0.1) is 24.5 Å². The summed E-state index contributed by atoms with van der Waals surface area (Å²) in [7, 11) is 0. The number of rotatable bonds is 1. The van der Waals surface area contributed by atoms with E-state index in [1.807, 2.05) is 18.7 Å². The van der Waals surface area contributed by atoms with Crippen molar-refractivity contribution < 1.29 is 14.3 Å².